The van der Waals surface area contributed by atoms with E-state index in [4.69, 9.17) is 5.11 Å². The molecule has 3 N–H and O–H groups in total. The largest absolute Gasteiger partial charge is 0.481 e. The molecule has 1 amide bonds. The minimum Gasteiger partial charge on any atom is -0.481 e. The number of nitrogens with zero attached hydrogens (tertiary/aromatic N) is 1. The number of fused-ring (bicyclic) bond motifs is 1. The van der Waals surface area contributed by atoms with Gasteiger partial charge in [0.2, 0.25) is 5.91 Å². The van der Waals surface area contributed by atoms with E-state index in [9.17, 15) is 14.4 Å². The molecule has 0 radical (unpaired) electrons. The average molecular weight is 341 g/mol. The Morgan fingerprint density at radius 3 is 2.82 bits per heavy atom. The number of amides is 1. The molecule has 0 aromatic carbocycles. The first-order chi connectivity index (χ1) is 10.4. The molecule has 0 unspecified atom stereocenters. The van der Waals surface area contributed by atoms with E-state index in [-0.39, 0.29) is 30.2 Å². The number of hydrogen-bond donors (Lipinski definition) is 3. The normalized spacial score (nSPS) is 10.8. The van der Waals surface area contributed by atoms with Crippen molar-refractivity contribution >= 4 is 45.2 Å². The summed E-state index contributed by atoms with van der Waals surface area (Å²) in [6, 6.07) is 0. The minimum absolute atomic E-state index is 0.0669. The van der Waals surface area contributed by atoms with Crippen LogP contribution in [0, 0.1) is 13.8 Å². The fourth-order valence-corrected chi connectivity index (χ4v) is 3.58. The number of thioether (sulfide) groups is 1. The summed E-state index contributed by atoms with van der Waals surface area (Å²) < 4.78 is 0. The number of carbonyl (C=O) groups excluding carboxylic acids is 1. The third-order valence-electron chi connectivity index (χ3n) is 3.02. The van der Waals surface area contributed by atoms with Crippen LogP contribution in [-0.2, 0) is 9.59 Å². The zero-order valence-corrected chi connectivity index (χ0v) is 13.7. The molecule has 7 nitrogen and oxygen atoms in total. The van der Waals surface area contributed by atoms with Crippen molar-refractivity contribution in [3.8, 4) is 0 Å². The lowest BCUT2D eigenvalue weighted by atomic mass is 10.2. The minimum atomic E-state index is -0.965. The molecule has 0 fully saturated rings. The van der Waals surface area contributed by atoms with Gasteiger partial charge < -0.3 is 15.4 Å². The third kappa shape index (κ3) is 3.86. The molecular weight excluding hydrogens is 326 g/mol. The molecule has 0 aliphatic rings. The number of aromatic amines is 1. The number of aryl methyl sites for hydroxylation is 2. The Labute approximate surface area is 134 Å². The van der Waals surface area contributed by atoms with Gasteiger partial charge in [0.25, 0.3) is 5.56 Å². The highest BCUT2D eigenvalue weighted by Crippen LogP contribution is 2.27. The summed E-state index contributed by atoms with van der Waals surface area (Å²) in [5, 5.41) is 12.0. The molecule has 9 heteroatoms. The maximum absolute atomic E-state index is 12.1. The van der Waals surface area contributed by atoms with Crippen LogP contribution < -0.4 is 10.9 Å². The van der Waals surface area contributed by atoms with Gasteiger partial charge in [-0.1, -0.05) is 11.8 Å². The molecule has 118 valence electrons. The summed E-state index contributed by atoms with van der Waals surface area (Å²) in [5.74, 6) is -1.20. The van der Waals surface area contributed by atoms with Crippen LogP contribution in [0.2, 0.25) is 0 Å². The van der Waals surface area contributed by atoms with Crippen LogP contribution in [0.3, 0.4) is 0 Å². The Balaban J connectivity index is 2.02. The lowest BCUT2D eigenvalue weighted by Crippen LogP contribution is -2.27. The van der Waals surface area contributed by atoms with E-state index >= 15 is 0 Å². The molecule has 2 aromatic heterocycles. The highest BCUT2D eigenvalue weighted by Gasteiger charge is 2.13. The standard InChI is InChI=1S/C13H15N3O4S2/c1-6-7(2)22-12-10(6)11(20)15-13(16-12)21-5-8(17)14-4-3-9(18)19/h3-5H2,1-2H3,(H,14,17)(H,18,19)(H,15,16,20). The van der Waals surface area contributed by atoms with Gasteiger partial charge in [0.05, 0.1) is 17.6 Å². The number of carboxylic acids is 1. The summed E-state index contributed by atoms with van der Waals surface area (Å²) in [7, 11) is 0. The molecule has 2 rings (SSSR count). The number of carboxylic acid groups (broad SMARTS) is 1. The van der Waals surface area contributed by atoms with E-state index in [0.717, 1.165) is 22.2 Å². The summed E-state index contributed by atoms with van der Waals surface area (Å²) in [4.78, 5) is 42.7. The Morgan fingerprint density at radius 1 is 1.41 bits per heavy atom. The van der Waals surface area contributed by atoms with Crippen molar-refractivity contribution in [2.24, 2.45) is 0 Å². The van der Waals surface area contributed by atoms with Crippen LogP contribution in [0.1, 0.15) is 16.9 Å². The summed E-state index contributed by atoms with van der Waals surface area (Å²) >= 11 is 2.56. The molecule has 0 aliphatic heterocycles. The van der Waals surface area contributed by atoms with Gasteiger partial charge in [0.1, 0.15) is 4.83 Å². The average Bonchev–Trinajstić information content (AvgIpc) is 2.71. The van der Waals surface area contributed by atoms with Crippen LogP contribution in [0.15, 0.2) is 9.95 Å². The van der Waals surface area contributed by atoms with E-state index in [0.29, 0.717) is 15.4 Å². The highest BCUT2D eigenvalue weighted by molar-refractivity contribution is 7.99. The first kappa shape index (κ1) is 16.5. The van der Waals surface area contributed by atoms with E-state index in [1.165, 1.54) is 11.3 Å². The molecule has 0 spiro atoms. The number of thiophene rings is 1. The van der Waals surface area contributed by atoms with Crippen LogP contribution in [0.5, 0.6) is 0 Å². The SMILES string of the molecule is Cc1sc2nc(SCC(=O)NCCC(=O)O)[nH]c(=O)c2c1C. The fraction of sp³-hybridized carbons (Fsp3) is 0.385. The van der Waals surface area contributed by atoms with Gasteiger partial charge in [-0.3, -0.25) is 14.4 Å². The number of rotatable bonds is 6. The number of hydrogen-bond acceptors (Lipinski definition) is 6. The zero-order valence-electron chi connectivity index (χ0n) is 12.1. The zero-order chi connectivity index (χ0) is 16.3. The Hall–Kier alpha value is -1.87. The number of carbonyl (C=O) groups is 2. The summed E-state index contributed by atoms with van der Waals surface area (Å²) in [6.45, 7) is 3.90. The fourth-order valence-electron chi connectivity index (χ4n) is 1.80. The molecule has 2 heterocycles. The van der Waals surface area contributed by atoms with Crippen molar-refractivity contribution in [2.75, 3.05) is 12.3 Å². The van der Waals surface area contributed by atoms with Gasteiger partial charge in [-0.25, -0.2) is 4.98 Å². The maximum Gasteiger partial charge on any atom is 0.305 e. The van der Waals surface area contributed by atoms with Gasteiger partial charge in [-0.2, -0.15) is 0 Å². The van der Waals surface area contributed by atoms with E-state index in [1.54, 1.807) is 0 Å². The van der Waals surface area contributed by atoms with Gasteiger partial charge in [0.15, 0.2) is 5.16 Å². The monoisotopic (exact) mass is 341 g/mol. The Kier molecular flexibility index (Phi) is 5.19. The van der Waals surface area contributed by atoms with Gasteiger partial charge in [0, 0.05) is 11.4 Å². The van der Waals surface area contributed by atoms with E-state index in [2.05, 4.69) is 15.3 Å². The van der Waals surface area contributed by atoms with Crippen LogP contribution in [0.25, 0.3) is 10.2 Å². The van der Waals surface area contributed by atoms with Gasteiger partial charge in [-0.05, 0) is 19.4 Å². The molecule has 22 heavy (non-hydrogen) atoms. The smallest absolute Gasteiger partial charge is 0.305 e. The molecule has 0 aliphatic carbocycles. The molecule has 0 atom stereocenters. The third-order valence-corrected chi connectivity index (χ3v) is 4.99. The van der Waals surface area contributed by atoms with Crippen molar-refractivity contribution in [1.82, 2.24) is 15.3 Å². The van der Waals surface area contributed by atoms with Crippen molar-refractivity contribution in [2.45, 2.75) is 25.4 Å². The second kappa shape index (κ2) is 6.93. The first-order valence-electron chi connectivity index (χ1n) is 6.49. The van der Waals surface area contributed by atoms with Crippen LogP contribution in [0.4, 0.5) is 0 Å². The molecule has 0 saturated heterocycles. The second-order valence-electron chi connectivity index (χ2n) is 4.62. The number of aromatic nitrogens is 2. The Bertz CT molecular complexity index is 781. The van der Waals surface area contributed by atoms with Gasteiger partial charge in [-0.15, -0.1) is 11.3 Å². The lowest BCUT2D eigenvalue weighted by molar-refractivity contribution is -0.136. The number of H-pyrrole nitrogens is 1. The highest BCUT2D eigenvalue weighted by atomic mass is 32.2. The van der Waals surface area contributed by atoms with E-state index in [1.807, 2.05) is 13.8 Å². The van der Waals surface area contributed by atoms with Crippen molar-refractivity contribution in [1.29, 1.82) is 0 Å². The summed E-state index contributed by atoms with van der Waals surface area (Å²) in [6.07, 6.45) is -0.120. The van der Waals surface area contributed by atoms with Crippen molar-refractivity contribution < 1.29 is 14.7 Å². The number of aliphatic carboxylic acids is 1. The van der Waals surface area contributed by atoms with Crippen molar-refractivity contribution in [3.05, 3.63) is 20.8 Å². The van der Waals surface area contributed by atoms with Crippen LogP contribution in [-0.4, -0.2) is 39.2 Å². The van der Waals surface area contributed by atoms with Crippen LogP contribution >= 0.6 is 23.1 Å². The predicted molar refractivity (Wildman–Crippen MR) is 85.7 cm³/mol. The molecule has 2 aromatic rings. The lowest BCUT2D eigenvalue weighted by Gasteiger charge is -2.03. The first-order valence-corrected chi connectivity index (χ1v) is 8.30. The van der Waals surface area contributed by atoms with Gasteiger partial charge >= 0.3 is 5.97 Å². The number of nitrogens with one attached hydrogen (secondary N) is 2. The molecule has 0 saturated carbocycles. The van der Waals surface area contributed by atoms with E-state index < -0.39 is 5.97 Å². The Morgan fingerprint density at radius 2 is 2.14 bits per heavy atom. The quantitative estimate of drug-likeness (QED) is 0.539. The summed E-state index contributed by atoms with van der Waals surface area (Å²) in [5.41, 5.74) is 0.720. The molecular formula is C13H15N3O4S2. The maximum atomic E-state index is 12.1. The second-order valence-corrected chi connectivity index (χ2v) is 6.78. The van der Waals surface area contributed by atoms with Crippen molar-refractivity contribution in [3.63, 3.8) is 0 Å². The molecule has 0 bridgehead atoms. The predicted octanol–water partition coefficient (Wildman–Crippen LogP) is 1.28. The topological polar surface area (TPSA) is 112 Å².